The number of hydrogen-bond acceptors (Lipinski definition) is 4. The van der Waals surface area contributed by atoms with Crippen LogP contribution in [0, 0.1) is 0 Å². The first-order valence-corrected chi connectivity index (χ1v) is 8.38. The fourth-order valence-corrected chi connectivity index (χ4v) is 4.09. The fourth-order valence-electron chi connectivity index (χ4n) is 1.58. The summed E-state index contributed by atoms with van der Waals surface area (Å²) in [6.07, 6.45) is 0.797. The number of benzene rings is 2. The fraction of sp³-hybridized carbons (Fsp3) is 0.0909. The average Bonchev–Trinajstić information content (AvgIpc) is 2.25. The second-order valence-electron chi connectivity index (χ2n) is 3.87. The van der Waals surface area contributed by atoms with Crippen LogP contribution in [0.25, 0.3) is 10.8 Å². The molecule has 0 amide bonds. The van der Waals surface area contributed by atoms with E-state index in [0.717, 1.165) is 17.0 Å². The lowest BCUT2D eigenvalue weighted by Crippen LogP contribution is -2.29. The van der Waals surface area contributed by atoms with Crippen molar-refractivity contribution in [1.29, 1.82) is 0 Å². The smallest absolute Gasteiger partial charge is 0.212 e. The van der Waals surface area contributed by atoms with Gasteiger partial charge in [-0.1, -0.05) is 30.3 Å². The first-order valence-electron chi connectivity index (χ1n) is 5.00. The lowest BCUT2D eigenvalue weighted by molar-refractivity contribution is 0.580. The summed E-state index contributed by atoms with van der Waals surface area (Å²) in [6.45, 7) is 0. The van der Waals surface area contributed by atoms with Gasteiger partial charge < -0.3 is 0 Å². The predicted octanol–water partition coefficient (Wildman–Crippen LogP) is 1.08. The molecule has 0 saturated heterocycles. The lowest BCUT2D eigenvalue weighted by Gasteiger charge is -2.05. The highest BCUT2D eigenvalue weighted by molar-refractivity contribution is 8.04. The Morgan fingerprint density at radius 1 is 0.889 bits per heavy atom. The Labute approximate surface area is 106 Å². The standard InChI is InChI=1S/C11H11NO4S2/c1-17(13,14)12-18(15,16)11-7-6-9-4-2-3-5-10(9)8-11/h2-8,12H,1H3. The van der Waals surface area contributed by atoms with Crippen LogP contribution in [0.1, 0.15) is 0 Å². The number of nitrogens with one attached hydrogen (secondary N) is 1. The Balaban J connectivity index is 2.55. The van der Waals surface area contributed by atoms with Crippen molar-refractivity contribution in [3.05, 3.63) is 42.5 Å². The van der Waals surface area contributed by atoms with E-state index < -0.39 is 20.0 Å². The second-order valence-corrected chi connectivity index (χ2v) is 7.56. The summed E-state index contributed by atoms with van der Waals surface area (Å²) < 4.78 is 47.2. The molecular formula is C11H11NO4S2. The van der Waals surface area contributed by atoms with Crippen LogP contribution >= 0.6 is 0 Å². The van der Waals surface area contributed by atoms with E-state index in [1.807, 2.05) is 12.1 Å². The van der Waals surface area contributed by atoms with Crippen LogP contribution in [0.2, 0.25) is 0 Å². The molecule has 5 nitrogen and oxygen atoms in total. The van der Waals surface area contributed by atoms with Gasteiger partial charge in [-0.25, -0.2) is 16.8 Å². The van der Waals surface area contributed by atoms with Crippen LogP contribution in [0.15, 0.2) is 47.4 Å². The zero-order chi connectivity index (χ0) is 13.4. The van der Waals surface area contributed by atoms with Crippen molar-refractivity contribution >= 4 is 30.8 Å². The summed E-state index contributed by atoms with van der Waals surface area (Å²) in [7, 11) is -7.87. The lowest BCUT2D eigenvalue weighted by atomic mass is 10.1. The molecule has 1 N–H and O–H groups in total. The topological polar surface area (TPSA) is 80.3 Å². The minimum Gasteiger partial charge on any atom is -0.212 e. The third kappa shape index (κ3) is 2.87. The molecule has 0 saturated carbocycles. The SMILES string of the molecule is CS(=O)(=O)NS(=O)(=O)c1ccc2ccccc2c1. The molecule has 0 bridgehead atoms. The van der Waals surface area contributed by atoms with Crippen LogP contribution in [-0.2, 0) is 20.0 Å². The van der Waals surface area contributed by atoms with Gasteiger partial charge in [0.05, 0.1) is 11.2 Å². The largest absolute Gasteiger partial charge is 0.253 e. The van der Waals surface area contributed by atoms with Gasteiger partial charge in [-0.2, -0.15) is 0 Å². The summed E-state index contributed by atoms with van der Waals surface area (Å²) in [5.41, 5.74) is 0. The van der Waals surface area contributed by atoms with Gasteiger partial charge in [0.25, 0.3) is 10.0 Å². The van der Waals surface area contributed by atoms with Crippen molar-refractivity contribution < 1.29 is 16.8 Å². The van der Waals surface area contributed by atoms with Crippen molar-refractivity contribution in [3.63, 3.8) is 0 Å². The minimum absolute atomic E-state index is 0.0772. The maximum atomic E-state index is 11.8. The van der Waals surface area contributed by atoms with Crippen molar-refractivity contribution in [3.8, 4) is 0 Å². The maximum Gasteiger partial charge on any atom is 0.253 e. The van der Waals surface area contributed by atoms with E-state index in [1.54, 1.807) is 22.3 Å². The predicted molar refractivity (Wildman–Crippen MR) is 69.1 cm³/mol. The molecular weight excluding hydrogens is 274 g/mol. The normalized spacial score (nSPS) is 12.7. The minimum atomic E-state index is -4.05. The number of rotatable bonds is 3. The first kappa shape index (κ1) is 13.0. The van der Waals surface area contributed by atoms with E-state index in [9.17, 15) is 16.8 Å². The molecule has 18 heavy (non-hydrogen) atoms. The Morgan fingerprint density at radius 3 is 2.11 bits per heavy atom. The summed E-state index contributed by atoms with van der Waals surface area (Å²) in [5, 5.41) is 1.62. The monoisotopic (exact) mass is 285 g/mol. The molecule has 2 aromatic carbocycles. The van der Waals surface area contributed by atoms with Gasteiger partial charge in [0, 0.05) is 0 Å². The molecule has 0 unspecified atom stereocenters. The maximum absolute atomic E-state index is 11.8. The summed E-state index contributed by atoms with van der Waals surface area (Å²) in [5.74, 6) is 0. The number of sulfonamides is 2. The zero-order valence-corrected chi connectivity index (χ0v) is 11.1. The number of fused-ring (bicyclic) bond motifs is 1. The van der Waals surface area contributed by atoms with Gasteiger partial charge in [0.2, 0.25) is 10.0 Å². The van der Waals surface area contributed by atoms with Gasteiger partial charge >= 0.3 is 0 Å². The Kier molecular flexibility index (Phi) is 3.14. The zero-order valence-electron chi connectivity index (χ0n) is 9.49. The molecule has 2 aromatic rings. The van der Waals surface area contributed by atoms with Gasteiger partial charge in [-0.05, 0) is 22.9 Å². The van der Waals surface area contributed by atoms with Crippen LogP contribution in [-0.4, -0.2) is 23.1 Å². The molecule has 96 valence electrons. The molecule has 0 spiro atoms. The first-order chi connectivity index (χ1) is 8.28. The van der Waals surface area contributed by atoms with Crippen LogP contribution in [0.4, 0.5) is 0 Å². The van der Waals surface area contributed by atoms with E-state index in [0.29, 0.717) is 0 Å². The van der Waals surface area contributed by atoms with Crippen molar-refractivity contribution in [2.45, 2.75) is 4.90 Å². The molecule has 0 aromatic heterocycles. The number of hydrogen-bond donors (Lipinski definition) is 1. The Bertz CT molecular complexity index is 795. The molecule has 0 fully saturated rings. The molecule has 0 aliphatic carbocycles. The van der Waals surface area contributed by atoms with E-state index in [-0.39, 0.29) is 4.90 Å². The highest BCUT2D eigenvalue weighted by Crippen LogP contribution is 2.18. The molecule has 0 heterocycles. The van der Waals surface area contributed by atoms with E-state index in [4.69, 9.17) is 0 Å². The summed E-state index contributed by atoms with van der Waals surface area (Å²) >= 11 is 0. The molecule has 2 rings (SSSR count). The quantitative estimate of drug-likeness (QED) is 0.915. The van der Waals surface area contributed by atoms with Crippen LogP contribution in [0.3, 0.4) is 0 Å². The second kappa shape index (κ2) is 4.34. The highest BCUT2D eigenvalue weighted by atomic mass is 32.3. The summed E-state index contributed by atoms with van der Waals surface area (Å²) in [6, 6.07) is 11.7. The van der Waals surface area contributed by atoms with Crippen molar-refractivity contribution in [2.24, 2.45) is 0 Å². The molecule has 0 radical (unpaired) electrons. The van der Waals surface area contributed by atoms with E-state index >= 15 is 0 Å². The summed E-state index contributed by atoms with van der Waals surface area (Å²) in [4.78, 5) is -0.0772. The molecule has 0 aliphatic rings. The highest BCUT2D eigenvalue weighted by Gasteiger charge is 2.19. The Hall–Kier alpha value is -1.44. The average molecular weight is 285 g/mol. The van der Waals surface area contributed by atoms with Gasteiger partial charge in [0.15, 0.2) is 0 Å². The van der Waals surface area contributed by atoms with Crippen molar-refractivity contribution in [2.75, 3.05) is 6.26 Å². The van der Waals surface area contributed by atoms with Crippen LogP contribution < -0.4 is 4.13 Å². The Morgan fingerprint density at radius 2 is 1.50 bits per heavy atom. The van der Waals surface area contributed by atoms with Gasteiger partial charge in [0.1, 0.15) is 0 Å². The van der Waals surface area contributed by atoms with E-state index in [1.165, 1.54) is 12.1 Å². The van der Waals surface area contributed by atoms with Gasteiger partial charge in [-0.3, -0.25) is 0 Å². The van der Waals surface area contributed by atoms with Crippen LogP contribution in [0.5, 0.6) is 0 Å². The molecule has 7 heteroatoms. The molecule has 0 atom stereocenters. The van der Waals surface area contributed by atoms with E-state index in [2.05, 4.69) is 0 Å². The molecule has 0 aliphatic heterocycles. The van der Waals surface area contributed by atoms with Crippen molar-refractivity contribution in [1.82, 2.24) is 4.13 Å². The third-order valence-electron chi connectivity index (χ3n) is 2.29. The van der Waals surface area contributed by atoms with Gasteiger partial charge in [-0.15, -0.1) is 4.13 Å². The third-order valence-corrected chi connectivity index (χ3v) is 5.26.